The van der Waals surface area contributed by atoms with Crippen molar-refractivity contribution in [2.24, 2.45) is 11.8 Å². The van der Waals surface area contributed by atoms with E-state index in [-0.39, 0.29) is 0 Å². The molecule has 0 aromatic rings. The van der Waals surface area contributed by atoms with Crippen LogP contribution in [0.25, 0.3) is 0 Å². The molecular formula is C12H23NO. The minimum absolute atomic E-state index is 0.681. The molecule has 1 unspecified atom stereocenters. The fourth-order valence-electron chi connectivity index (χ4n) is 1.57. The van der Waals surface area contributed by atoms with E-state index in [0.29, 0.717) is 5.92 Å². The van der Waals surface area contributed by atoms with Crippen LogP contribution in [0, 0.1) is 11.8 Å². The Morgan fingerprint density at radius 2 is 2.36 bits per heavy atom. The molecule has 14 heavy (non-hydrogen) atoms. The monoisotopic (exact) mass is 197 g/mol. The highest BCUT2D eigenvalue weighted by atomic mass is 16.5. The maximum absolute atomic E-state index is 5.30. The van der Waals surface area contributed by atoms with E-state index < -0.39 is 0 Å². The standard InChI is InChI=1S/C12H23NO/c1-11(2)9-13-7-4-3-5-12-6-8-14-10-12/h3,5,11-13H,4,6-10H2,1-2H3. The Balaban J connectivity index is 1.92. The first-order chi connectivity index (χ1) is 6.79. The topological polar surface area (TPSA) is 21.3 Å². The minimum atomic E-state index is 0.681. The molecule has 0 radical (unpaired) electrons. The van der Waals surface area contributed by atoms with Crippen LogP contribution in [0.2, 0.25) is 0 Å². The molecule has 1 N–H and O–H groups in total. The molecule has 1 aliphatic rings. The molecule has 0 spiro atoms. The van der Waals surface area contributed by atoms with E-state index in [4.69, 9.17) is 4.74 Å². The number of ether oxygens (including phenoxy) is 1. The first kappa shape index (κ1) is 11.7. The molecule has 0 saturated carbocycles. The van der Waals surface area contributed by atoms with Gasteiger partial charge in [-0.2, -0.15) is 0 Å². The molecular weight excluding hydrogens is 174 g/mol. The van der Waals surface area contributed by atoms with Crippen molar-refractivity contribution in [1.29, 1.82) is 0 Å². The predicted molar refractivity (Wildman–Crippen MR) is 60.4 cm³/mol. The minimum Gasteiger partial charge on any atom is -0.381 e. The molecule has 0 amide bonds. The van der Waals surface area contributed by atoms with Gasteiger partial charge in [0.15, 0.2) is 0 Å². The van der Waals surface area contributed by atoms with E-state index in [0.717, 1.165) is 38.6 Å². The van der Waals surface area contributed by atoms with Crippen LogP contribution >= 0.6 is 0 Å². The van der Waals surface area contributed by atoms with Gasteiger partial charge in [-0.3, -0.25) is 0 Å². The second kappa shape index (κ2) is 7.02. The van der Waals surface area contributed by atoms with Crippen molar-refractivity contribution in [2.45, 2.75) is 26.7 Å². The molecule has 1 rings (SSSR count). The van der Waals surface area contributed by atoms with Gasteiger partial charge in [-0.25, -0.2) is 0 Å². The van der Waals surface area contributed by atoms with Gasteiger partial charge in [0.1, 0.15) is 0 Å². The zero-order valence-electron chi connectivity index (χ0n) is 9.46. The summed E-state index contributed by atoms with van der Waals surface area (Å²) >= 11 is 0. The molecule has 1 heterocycles. The largest absolute Gasteiger partial charge is 0.381 e. The van der Waals surface area contributed by atoms with Crippen LogP contribution in [0.1, 0.15) is 26.7 Å². The van der Waals surface area contributed by atoms with E-state index >= 15 is 0 Å². The van der Waals surface area contributed by atoms with Crippen LogP contribution in [0.15, 0.2) is 12.2 Å². The van der Waals surface area contributed by atoms with Crippen molar-refractivity contribution in [3.05, 3.63) is 12.2 Å². The second-order valence-electron chi connectivity index (χ2n) is 4.44. The molecule has 0 aliphatic carbocycles. The number of rotatable bonds is 6. The van der Waals surface area contributed by atoms with Gasteiger partial charge in [0.2, 0.25) is 0 Å². The maximum atomic E-state index is 5.30. The summed E-state index contributed by atoms with van der Waals surface area (Å²) < 4.78 is 5.30. The van der Waals surface area contributed by atoms with Crippen molar-refractivity contribution >= 4 is 0 Å². The smallest absolute Gasteiger partial charge is 0.0529 e. The van der Waals surface area contributed by atoms with Gasteiger partial charge < -0.3 is 10.1 Å². The Morgan fingerprint density at radius 3 is 3.00 bits per heavy atom. The lowest BCUT2D eigenvalue weighted by atomic mass is 10.1. The van der Waals surface area contributed by atoms with E-state index in [1.165, 1.54) is 6.42 Å². The van der Waals surface area contributed by atoms with Gasteiger partial charge in [0, 0.05) is 12.5 Å². The van der Waals surface area contributed by atoms with Gasteiger partial charge in [0.05, 0.1) is 6.61 Å². The van der Waals surface area contributed by atoms with Crippen molar-refractivity contribution in [2.75, 3.05) is 26.3 Å². The third-order valence-electron chi connectivity index (χ3n) is 2.41. The third kappa shape index (κ3) is 5.40. The quantitative estimate of drug-likeness (QED) is 0.521. The zero-order chi connectivity index (χ0) is 10.2. The van der Waals surface area contributed by atoms with Crippen LogP contribution in [0.5, 0.6) is 0 Å². The lowest BCUT2D eigenvalue weighted by Crippen LogP contribution is -2.20. The number of hydrogen-bond acceptors (Lipinski definition) is 2. The Hall–Kier alpha value is -0.340. The molecule has 1 aliphatic heterocycles. The summed E-state index contributed by atoms with van der Waals surface area (Å²) in [6, 6.07) is 0. The summed E-state index contributed by atoms with van der Waals surface area (Å²) in [6.45, 7) is 8.57. The summed E-state index contributed by atoms with van der Waals surface area (Å²) in [4.78, 5) is 0. The summed E-state index contributed by atoms with van der Waals surface area (Å²) in [5.41, 5.74) is 0. The molecule has 0 aromatic heterocycles. The molecule has 2 heteroatoms. The fraction of sp³-hybridized carbons (Fsp3) is 0.833. The van der Waals surface area contributed by atoms with Gasteiger partial charge in [-0.15, -0.1) is 0 Å². The van der Waals surface area contributed by atoms with Crippen LogP contribution in [0.3, 0.4) is 0 Å². The molecule has 82 valence electrons. The zero-order valence-corrected chi connectivity index (χ0v) is 9.46. The number of nitrogens with one attached hydrogen (secondary N) is 1. The highest BCUT2D eigenvalue weighted by Crippen LogP contribution is 2.13. The normalized spacial score (nSPS) is 22.6. The van der Waals surface area contributed by atoms with Crippen molar-refractivity contribution in [1.82, 2.24) is 5.32 Å². The Bertz CT molecular complexity index is 160. The SMILES string of the molecule is CC(C)CNCCC=CC1CCOC1. The average molecular weight is 197 g/mol. The molecule has 0 aromatic carbocycles. The van der Waals surface area contributed by atoms with Gasteiger partial charge in [0.25, 0.3) is 0 Å². The Kier molecular flexibility index (Phi) is 5.88. The molecule has 2 nitrogen and oxygen atoms in total. The van der Waals surface area contributed by atoms with E-state index in [1.54, 1.807) is 0 Å². The molecule has 0 bridgehead atoms. The van der Waals surface area contributed by atoms with Crippen molar-refractivity contribution in [3.63, 3.8) is 0 Å². The highest BCUT2D eigenvalue weighted by Gasteiger charge is 2.10. The molecule has 1 fully saturated rings. The van der Waals surface area contributed by atoms with Gasteiger partial charge >= 0.3 is 0 Å². The summed E-state index contributed by atoms with van der Waals surface area (Å²) in [5.74, 6) is 1.43. The van der Waals surface area contributed by atoms with Crippen LogP contribution in [-0.4, -0.2) is 26.3 Å². The summed E-state index contributed by atoms with van der Waals surface area (Å²) in [6.07, 6.45) is 6.94. The highest BCUT2D eigenvalue weighted by molar-refractivity contribution is 4.90. The predicted octanol–water partition coefficient (Wildman–Crippen LogP) is 2.21. The lowest BCUT2D eigenvalue weighted by Gasteiger charge is -2.05. The molecule has 1 atom stereocenters. The van der Waals surface area contributed by atoms with Crippen molar-refractivity contribution < 1.29 is 4.74 Å². The van der Waals surface area contributed by atoms with Gasteiger partial charge in [-0.1, -0.05) is 26.0 Å². The lowest BCUT2D eigenvalue weighted by molar-refractivity contribution is 0.191. The molecule has 1 saturated heterocycles. The number of hydrogen-bond donors (Lipinski definition) is 1. The second-order valence-corrected chi connectivity index (χ2v) is 4.44. The van der Waals surface area contributed by atoms with E-state index in [1.807, 2.05) is 0 Å². The fourth-order valence-corrected chi connectivity index (χ4v) is 1.57. The van der Waals surface area contributed by atoms with Crippen molar-refractivity contribution in [3.8, 4) is 0 Å². The third-order valence-corrected chi connectivity index (χ3v) is 2.41. The first-order valence-electron chi connectivity index (χ1n) is 5.74. The first-order valence-corrected chi connectivity index (χ1v) is 5.74. The maximum Gasteiger partial charge on any atom is 0.0529 e. The van der Waals surface area contributed by atoms with Crippen LogP contribution in [-0.2, 0) is 4.74 Å². The summed E-state index contributed by atoms with van der Waals surface area (Å²) in [7, 11) is 0. The van der Waals surface area contributed by atoms with Crippen LogP contribution in [0.4, 0.5) is 0 Å². The average Bonchev–Trinajstić information content (AvgIpc) is 2.63. The Labute approximate surface area is 87.7 Å². The van der Waals surface area contributed by atoms with Crippen LogP contribution < -0.4 is 5.32 Å². The van der Waals surface area contributed by atoms with E-state index in [2.05, 4.69) is 31.3 Å². The summed E-state index contributed by atoms with van der Waals surface area (Å²) in [5, 5.41) is 3.43. The van der Waals surface area contributed by atoms with E-state index in [9.17, 15) is 0 Å². The Morgan fingerprint density at radius 1 is 1.50 bits per heavy atom. The van der Waals surface area contributed by atoms with Gasteiger partial charge in [-0.05, 0) is 31.8 Å².